The number of benzene rings is 1. The van der Waals surface area contributed by atoms with E-state index in [1.807, 2.05) is 6.07 Å². The first-order chi connectivity index (χ1) is 10.0. The van der Waals surface area contributed by atoms with Crippen LogP contribution in [0.25, 0.3) is 11.0 Å². The summed E-state index contributed by atoms with van der Waals surface area (Å²) in [6.45, 7) is 5.24. The number of fused-ring (bicyclic) bond motifs is 1. The largest absolute Gasteiger partial charge is 0.326 e. The number of aromatic nitrogens is 2. The molecule has 1 aliphatic carbocycles. The molecule has 1 heterocycles. The first kappa shape index (κ1) is 14.5. The molecule has 21 heavy (non-hydrogen) atoms. The molecule has 3 nitrogen and oxygen atoms in total. The van der Waals surface area contributed by atoms with E-state index >= 15 is 0 Å². The third-order valence-electron chi connectivity index (χ3n) is 4.79. The van der Waals surface area contributed by atoms with Gasteiger partial charge in [-0.15, -0.1) is 0 Å². The predicted molar refractivity (Wildman–Crippen MR) is 83.5 cm³/mol. The summed E-state index contributed by atoms with van der Waals surface area (Å²) in [6.07, 6.45) is 5.09. The lowest BCUT2D eigenvalue weighted by atomic mass is 9.77. The Labute approximate surface area is 125 Å². The molecule has 1 aromatic carbocycles. The fourth-order valence-electron chi connectivity index (χ4n) is 3.44. The van der Waals surface area contributed by atoms with Crippen molar-refractivity contribution in [2.24, 2.45) is 11.7 Å². The highest BCUT2D eigenvalue weighted by molar-refractivity contribution is 5.77. The zero-order valence-corrected chi connectivity index (χ0v) is 12.9. The van der Waals surface area contributed by atoms with Gasteiger partial charge in [0.1, 0.15) is 11.3 Å². The third kappa shape index (κ3) is 2.46. The van der Waals surface area contributed by atoms with Crippen LogP contribution in [0.5, 0.6) is 0 Å². The first-order valence-corrected chi connectivity index (χ1v) is 7.99. The van der Waals surface area contributed by atoms with Gasteiger partial charge < -0.3 is 10.3 Å². The van der Waals surface area contributed by atoms with Crippen LogP contribution in [0.4, 0.5) is 4.39 Å². The normalized spacial score (nSPS) is 26.4. The average Bonchev–Trinajstić information content (AvgIpc) is 2.84. The van der Waals surface area contributed by atoms with Gasteiger partial charge in [-0.05, 0) is 50.2 Å². The summed E-state index contributed by atoms with van der Waals surface area (Å²) < 4.78 is 16.2. The smallest absolute Gasteiger partial charge is 0.151 e. The van der Waals surface area contributed by atoms with Gasteiger partial charge in [-0.1, -0.05) is 19.9 Å². The Bertz CT molecular complexity index is 639. The van der Waals surface area contributed by atoms with Gasteiger partial charge in [0.15, 0.2) is 5.82 Å². The van der Waals surface area contributed by atoms with Gasteiger partial charge in [-0.2, -0.15) is 0 Å². The Morgan fingerprint density at radius 1 is 1.38 bits per heavy atom. The van der Waals surface area contributed by atoms with E-state index in [2.05, 4.69) is 23.4 Å². The van der Waals surface area contributed by atoms with Crippen molar-refractivity contribution in [3.63, 3.8) is 0 Å². The predicted octanol–water partition coefficient (Wildman–Crippen LogP) is 3.95. The summed E-state index contributed by atoms with van der Waals surface area (Å²) >= 11 is 0. The quantitative estimate of drug-likeness (QED) is 0.929. The Hall–Kier alpha value is -1.42. The van der Waals surface area contributed by atoms with Gasteiger partial charge in [0.25, 0.3) is 0 Å². The molecular formula is C17H24FN3. The number of aryl methyl sites for hydroxylation is 1. The van der Waals surface area contributed by atoms with Crippen molar-refractivity contribution in [2.75, 3.05) is 0 Å². The number of hydrogen-bond acceptors (Lipinski definition) is 2. The molecule has 0 radical (unpaired) electrons. The minimum absolute atomic E-state index is 0.253. The molecule has 1 fully saturated rings. The second-order valence-electron chi connectivity index (χ2n) is 6.53. The van der Waals surface area contributed by atoms with E-state index in [4.69, 9.17) is 5.73 Å². The van der Waals surface area contributed by atoms with Crippen LogP contribution in [0.15, 0.2) is 18.2 Å². The zero-order valence-electron chi connectivity index (χ0n) is 12.9. The van der Waals surface area contributed by atoms with Crippen LogP contribution in [0, 0.1) is 11.7 Å². The standard InChI is InChI=1S/C17H24FN3/c1-3-11-21-14-6-4-5-13(18)15(14)20-16(21)17(19)9-7-12(2)8-10-17/h4-6,12H,3,7-11,19H2,1-2H3. The molecule has 1 saturated carbocycles. The topological polar surface area (TPSA) is 43.8 Å². The van der Waals surface area contributed by atoms with Gasteiger partial charge in [0, 0.05) is 6.54 Å². The molecule has 3 rings (SSSR count). The molecule has 0 aliphatic heterocycles. The number of nitrogens with zero attached hydrogens (tertiary/aromatic N) is 2. The molecule has 1 aliphatic rings. The number of halogens is 1. The third-order valence-corrected chi connectivity index (χ3v) is 4.79. The highest BCUT2D eigenvalue weighted by Crippen LogP contribution is 2.38. The summed E-state index contributed by atoms with van der Waals surface area (Å²) in [6, 6.07) is 5.17. The molecule has 0 bridgehead atoms. The number of para-hydroxylation sites is 1. The maximum absolute atomic E-state index is 14.1. The maximum atomic E-state index is 14.1. The summed E-state index contributed by atoms with van der Waals surface area (Å²) in [5.41, 5.74) is 7.61. The van der Waals surface area contributed by atoms with Crippen LogP contribution < -0.4 is 5.73 Å². The fourth-order valence-corrected chi connectivity index (χ4v) is 3.44. The van der Waals surface area contributed by atoms with Gasteiger partial charge in [-0.25, -0.2) is 9.37 Å². The molecule has 1 aromatic heterocycles. The number of nitrogens with two attached hydrogens (primary N) is 1. The number of rotatable bonds is 3. The van der Waals surface area contributed by atoms with Crippen LogP contribution in [-0.2, 0) is 12.1 Å². The lowest BCUT2D eigenvalue weighted by Gasteiger charge is -2.35. The van der Waals surface area contributed by atoms with Gasteiger partial charge in [0.05, 0.1) is 11.1 Å². The summed E-state index contributed by atoms with van der Waals surface area (Å²) in [5, 5.41) is 0. The molecule has 114 valence electrons. The van der Waals surface area contributed by atoms with Crippen LogP contribution in [0.3, 0.4) is 0 Å². The monoisotopic (exact) mass is 289 g/mol. The Kier molecular flexibility index (Phi) is 3.74. The van der Waals surface area contributed by atoms with Crippen molar-refractivity contribution in [1.29, 1.82) is 0 Å². The van der Waals surface area contributed by atoms with Crippen LogP contribution >= 0.6 is 0 Å². The molecule has 4 heteroatoms. The fraction of sp³-hybridized carbons (Fsp3) is 0.588. The summed E-state index contributed by atoms with van der Waals surface area (Å²) in [4.78, 5) is 4.61. The number of hydrogen-bond donors (Lipinski definition) is 1. The minimum Gasteiger partial charge on any atom is -0.326 e. The molecular weight excluding hydrogens is 265 g/mol. The summed E-state index contributed by atoms with van der Waals surface area (Å²) in [5.74, 6) is 1.34. The molecule has 0 spiro atoms. The van der Waals surface area contributed by atoms with Gasteiger partial charge in [-0.3, -0.25) is 0 Å². The number of imidazole rings is 1. The van der Waals surface area contributed by atoms with Crippen molar-refractivity contribution >= 4 is 11.0 Å². The lowest BCUT2D eigenvalue weighted by Crippen LogP contribution is -2.42. The van der Waals surface area contributed by atoms with E-state index < -0.39 is 5.54 Å². The van der Waals surface area contributed by atoms with Crippen molar-refractivity contribution in [2.45, 2.75) is 58.0 Å². The van der Waals surface area contributed by atoms with Gasteiger partial charge >= 0.3 is 0 Å². The molecule has 0 saturated heterocycles. The molecule has 2 N–H and O–H groups in total. The van der Waals surface area contributed by atoms with E-state index in [0.29, 0.717) is 5.52 Å². The Morgan fingerprint density at radius 2 is 2.10 bits per heavy atom. The van der Waals surface area contributed by atoms with Crippen molar-refractivity contribution in [3.05, 3.63) is 29.8 Å². The lowest BCUT2D eigenvalue weighted by molar-refractivity contribution is 0.231. The van der Waals surface area contributed by atoms with E-state index in [9.17, 15) is 4.39 Å². The zero-order chi connectivity index (χ0) is 15.0. The maximum Gasteiger partial charge on any atom is 0.151 e. The van der Waals surface area contributed by atoms with Crippen molar-refractivity contribution in [1.82, 2.24) is 9.55 Å². The van der Waals surface area contributed by atoms with Gasteiger partial charge in [0.2, 0.25) is 0 Å². The van der Waals surface area contributed by atoms with E-state index in [0.717, 1.165) is 55.9 Å². The molecule has 0 unspecified atom stereocenters. The van der Waals surface area contributed by atoms with E-state index in [1.165, 1.54) is 6.07 Å². The van der Waals surface area contributed by atoms with Crippen LogP contribution in [0.2, 0.25) is 0 Å². The first-order valence-electron chi connectivity index (χ1n) is 7.99. The summed E-state index contributed by atoms with van der Waals surface area (Å²) in [7, 11) is 0. The average molecular weight is 289 g/mol. The highest BCUT2D eigenvalue weighted by atomic mass is 19.1. The molecule has 0 amide bonds. The molecule has 0 atom stereocenters. The van der Waals surface area contributed by atoms with Crippen molar-refractivity contribution < 1.29 is 4.39 Å². The SMILES string of the molecule is CCCn1c(C2(N)CCC(C)CC2)nc2c(F)cccc21. The Morgan fingerprint density at radius 3 is 2.76 bits per heavy atom. The van der Waals surface area contributed by atoms with Crippen LogP contribution in [0.1, 0.15) is 51.8 Å². The minimum atomic E-state index is -0.410. The Balaban J connectivity index is 2.13. The second kappa shape index (κ2) is 5.41. The highest BCUT2D eigenvalue weighted by Gasteiger charge is 2.36. The second-order valence-corrected chi connectivity index (χ2v) is 6.53. The van der Waals surface area contributed by atoms with E-state index in [-0.39, 0.29) is 5.82 Å². The van der Waals surface area contributed by atoms with Crippen molar-refractivity contribution in [3.8, 4) is 0 Å². The van der Waals surface area contributed by atoms with E-state index in [1.54, 1.807) is 6.07 Å². The molecule has 2 aromatic rings. The van der Waals surface area contributed by atoms with Crippen LogP contribution in [-0.4, -0.2) is 9.55 Å².